The van der Waals surface area contributed by atoms with Gasteiger partial charge in [0.05, 0.1) is 0 Å². The zero-order valence-corrected chi connectivity index (χ0v) is 16.4. The molecular weight excluding hydrogens is 399 g/mol. The normalized spacial score (nSPS) is 11.5. The molecule has 0 saturated carbocycles. The number of carbonyl (C=O) groups is 2. The first kappa shape index (κ1) is 19.9. The van der Waals surface area contributed by atoms with Crippen molar-refractivity contribution in [3.63, 3.8) is 0 Å². The minimum absolute atomic E-state index is 0.0135. The van der Waals surface area contributed by atoms with E-state index in [1.54, 1.807) is 54.6 Å². The highest BCUT2D eigenvalue weighted by Crippen LogP contribution is 2.24. The van der Waals surface area contributed by atoms with E-state index >= 15 is 0 Å². The van der Waals surface area contributed by atoms with Gasteiger partial charge in [0, 0.05) is 27.5 Å². The smallest absolute Gasteiger partial charge is 0.358 e. The van der Waals surface area contributed by atoms with Crippen LogP contribution in [0.3, 0.4) is 0 Å². The second-order valence-corrected chi connectivity index (χ2v) is 6.85. The van der Waals surface area contributed by atoms with Crippen LogP contribution in [-0.2, 0) is 9.53 Å². The number of rotatable bonds is 5. The summed E-state index contributed by atoms with van der Waals surface area (Å²) in [4.78, 5) is 29.3. The van der Waals surface area contributed by atoms with Gasteiger partial charge in [0.25, 0.3) is 5.91 Å². The Labute approximate surface area is 172 Å². The summed E-state index contributed by atoms with van der Waals surface area (Å²) in [6, 6.07) is 16.8. The number of nitrogens with zero attached hydrogens (tertiary/aromatic N) is 1. The van der Waals surface area contributed by atoms with Gasteiger partial charge in [-0.25, -0.2) is 9.78 Å². The molecule has 1 atom stereocenters. The van der Waals surface area contributed by atoms with Crippen molar-refractivity contribution in [1.29, 1.82) is 0 Å². The number of benzene rings is 2. The van der Waals surface area contributed by atoms with Crippen LogP contribution in [0.1, 0.15) is 27.7 Å². The summed E-state index contributed by atoms with van der Waals surface area (Å²) in [7, 11) is 0. The van der Waals surface area contributed by atoms with Crippen molar-refractivity contribution < 1.29 is 14.3 Å². The van der Waals surface area contributed by atoms with Crippen LogP contribution in [0, 0.1) is 6.92 Å². The summed E-state index contributed by atoms with van der Waals surface area (Å²) in [5.74, 6) is -1.27. The number of anilines is 1. The predicted octanol–water partition coefficient (Wildman–Crippen LogP) is 5.23. The number of carbonyl (C=O) groups excluding carboxylic acids is 2. The molecule has 2 aromatic carbocycles. The van der Waals surface area contributed by atoms with Gasteiger partial charge >= 0.3 is 5.97 Å². The fourth-order valence-electron chi connectivity index (χ4n) is 2.46. The Kier molecular flexibility index (Phi) is 6.29. The second-order valence-electron chi connectivity index (χ2n) is 6.01. The van der Waals surface area contributed by atoms with E-state index in [0.29, 0.717) is 21.3 Å². The SMILES string of the molecule is Cc1ccc(NC(=O)[C@H](OC(=O)c2cc(Cl)ccn2)c2ccccc2)cc1Cl. The molecule has 1 aromatic heterocycles. The molecule has 1 amide bonds. The minimum atomic E-state index is -1.17. The van der Waals surface area contributed by atoms with E-state index in [-0.39, 0.29) is 5.69 Å². The molecule has 0 fully saturated rings. The van der Waals surface area contributed by atoms with Crippen molar-refractivity contribution >= 4 is 40.8 Å². The maximum atomic E-state index is 12.9. The number of nitrogens with one attached hydrogen (secondary N) is 1. The summed E-state index contributed by atoms with van der Waals surface area (Å²) < 4.78 is 5.46. The summed E-state index contributed by atoms with van der Waals surface area (Å²) in [6.45, 7) is 1.86. The first-order chi connectivity index (χ1) is 13.4. The van der Waals surface area contributed by atoms with Crippen molar-refractivity contribution in [2.45, 2.75) is 13.0 Å². The van der Waals surface area contributed by atoms with Gasteiger partial charge in [-0.1, -0.05) is 59.6 Å². The molecule has 0 aliphatic heterocycles. The highest BCUT2D eigenvalue weighted by Gasteiger charge is 2.26. The van der Waals surface area contributed by atoms with Crippen molar-refractivity contribution in [1.82, 2.24) is 4.98 Å². The van der Waals surface area contributed by atoms with E-state index in [1.165, 1.54) is 12.3 Å². The molecular formula is C21H16Cl2N2O3. The number of amides is 1. The van der Waals surface area contributed by atoms with Crippen LogP contribution in [0.2, 0.25) is 10.0 Å². The van der Waals surface area contributed by atoms with Gasteiger partial charge in [0.1, 0.15) is 5.69 Å². The van der Waals surface area contributed by atoms with Crippen LogP contribution in [0.25, 0.3) is 0 Å². The third kappa shape index (κ3) is 4.88. The molecule has 142 valence electrons. The van der Waals surface area contributed by atoms with Crippen LogP contribution in [0.4, 0.5) is 5.69 Å². The predicted molar refractivity (Wildman–Crippen MR) is 109 cm³/mol. The quantitative estimate of drug-likeness (QED) is 0.580. The van der Waals surface area contributed by atoms with E-state index in [4.69, 9.17) is 27.9 Å². The van der Waals surface area contributed by atoms with Gasteiger partial charge < -0.3 is 10.1 Å². The molecule has 3 rings (SSSR count). The number of aryl methyl sites for hydroxylation is 1. The first-order valence-electron chi connectivity index (χ1n) is 8.38. The highest BCUT2D eigenvalue weighted by molar-refractivity contribution is 6.31. The largest absolute Gasteiger partial charge is 0.443 e. The number of esters is 1. The van der Waals surface area contributed by atoms with Crippen molar-refractivity contribution in [2.24, 2.45) is 0 Å². The number of pyridine rings is 1. The van der Waals surface area contributed by atoms with Crippen LogP contribution in [0.15, 0.2) is 66.9 Å². The number of hydrogen-bond acceptors (Lipinski definition) is 4. The third-order valence-electron chi connectivity index (χ3n) is 3.94. The van der Waals surface area contributed by atoms with E-state index in [1.807, 2.05) is 6.92 Å². The summed E-state index contributed by atoms with van der Waals surface area (Å²) in [5, 5.41) is 3.60. The van der Waals surface area contributed by atoms with Gasteiger partial charge in [0.15, 0.2) is 0 Å². The first-order valence-corrected chi connectivity index (χ1v) is 9.14. The van der Waals surface area contributed by atoms with E-state index in [0.717, 1.165) is 5.56 Å². The Morgan fingerprint density at radius 2 is 1.79 bits per heavy atom. The number of aromatic nitrogens is 1. The lowest BCUT2D eigenvalue weighted by Gasteiger charge is -2.18. The molecule has 0 saturated heterocycles. The highest BCUT2D eigenvalue weighted by atomic mass is 35.5. The monoisotopic (exact) mass is 414 g/mol. The summed E-state index contributed by atoms with van der Waals surface area (Å²) in [6.07, 6.45) is 0.222. The van der Waals surface area contributed by atoms with Gasteiger partial charge in [-0.2, -0.15) is 0 Å². The second kappa shape index (κ2) is 8.87. The standard InChI is InChI=1S/C21H16Cl2N2O3/c1-13-7-8-16(12-17(13)23)25-20(26)19(14-5-3-2-4-6-14)28-21(27)18-11-15(22)9-10-24-18/h2-12,19H,1H3,(H,25,26)/t19-/m1/s1. The molecule has 28 heavy (non-hydrogen) atoms. The molecule has 3 aromatic rings. The van der Waals surface area contributed by atoms with Crippen LogP contribution >= 0.6 is 23.2 Å². The lowest BCUT2D eigenvalue weighted by molar-refractivity contribution is -0.125. The topological polar surface area (TPSA) is 68.3 Å². The molecule has 0 bridgehead atoms. The fourth-order valence-corrected chi connectivity index (χ4v) is 2.80. The zero-order valence-electron chi connectivity index (χ0n) is 14.9. The van der Waals surface area contributed by atoms with E-state index in [2.05, 4.69) is 10.3 Å². The fraction of sp³-hybridized carbons (Fsp3) is 0.0952. The van der Waals surface area contributed by atoms with Gasteiger partial charge in [-0.15, -0.1) is 0 Å². The Balaban J connectivity index is 1.85. The molecule has 7 heteroatoms. The molecule has 0 spiro atoms. The molecule has 0 unspecified atom stereocenters. The molecule has 0 aliphatic carbocycles. The maximum Gasteiger partial charge on any atom is 0.358 e. The van der Waals surface area contributed by atoms with Crippen molar-refractivity contribution in [2.75, 3.05) is 5.32 Å². The van der Waals surface area contributed by atoms with Gasteiger partial charge in [-0.05, 0) is 36.8 Å². The summed E-state index contributed by atoms with van der Waals surface area (Å²) in [5.41, 5.74) is 1.92. The van der Waals surface area contributed by atoms with Crippen LogP contribution in [-0.4, -0.2) is 16.9 Å². The Morgan fingerprint density at radius 1 is 1.04 bits per heavy atom. The average Bonchev–Trinajstić information content (AvgIpc) is 2.69. The number of halogens is 2. The van der Waals surface area contributed by atoms with Gasteiger partial charge in [0.2, 0.25) is 6.10 Å². The maximum absolute atomic E-state index is 12.9. The zero-order chi connectivity index (χ0) is 20.1. The molecule has 0 radical (unpaired) electrons. The Morgan fingerprint density at radius 3 is 2.46 bits per heavy atom. The van der Waals surface area contributed by atoms with E-state index in [9.17, 15) is 9.59 Å². The van der Waals surface area contributed by atoms with Crippen LogP contribution in [0.5, 0.6) is 0 Å². The molecule has 1 heterocycles. The third-order valence-corrected chi connectivity index (χ3v) is 4.58. The number of ether oxygens (including phenoxy) is 1. The molecule has 1 N–H and O–H groups in total. The van der Waals surface area contributed by atoms with Crippen molar-refractivity contribution in [3.05, 3.63) is 93.7 Å². The van der Waals surface area contributed by atoms with Crippen molar-refractivity contribution in [3.8, 4) is 0 Å². The lowest BCUT2D eigenvalue weighted by Crippen LogP contribution is -2.26. The minimum Gasteiger partial charge on any atom is -0.443 e. The Bertz CT molecular complexity index is 1010. The summed E-state index contributed by atoms with van der Waals surface area (Å²) >= 11 is 12.0. The molecule has 5 nitrogen and oxygen atoms in total. The Hall–Kier alpha value is -2.89. The number of hydrogen-bond donors (Lipinski definition) is 1. The lowest BCUT2D eigenvalue weighted by atomic mass is 10.1. The molecule has 0 aliphatic rings. The average molecular weight is 415 g/mol. The van der Waals surface area contributed by atoms with Gasteiger partial charge in [-0.3, -0.25) is 4.79 Å². The van der Waals surface area contributed by atoms with E-state index < -0.39 is 18.0 Å². The van der Waals surface area contributed by atoms with Crippen LogP contribution < -0.4 is 5.32 Å².